The molecule has 1 saturated heterocycles. The summed E-state index contributed by atoms with van der Waals surface area (Å²) in [7, 11) is 0. The van der Waals surface area contributed by atoms with E-state index >= 15 is 0 Å². The van der Waals surface area contributed by atoms with Crippen LogP contribution in [0, 0.1) is 22.7 Å². The Morgan fingerprint density at radius 3 is 1.57 bits per heavy atom. The predicted octanol–water partition coefficient (Wildman–Crippen LogP) is 4.78. The van der Waals surface area contributed by atoms with Gasteiger partial charge < -0.3 is 15.3 Å². The highest BCUT2D eigenvalue weighted by Crippen LogP contribution is 2.52. The van der Waals surface area contributed by atoms with Gasteiger partial charge in [0.25, 0.3) is 5.41 Å². The molecule has 3 rings (SSSR count). The molecule has 0 bridgehead atoms. The number of piperidine rings is 1. The van der Waals surface area contributed by atoms with Crippen LogP contribution in [-0.2, 0) is 14.4 Å². The van der Waals surface area contributed by atoms with Crippen molar-refractivity contribution in [3.8, 4) is 0 Å². The molecule has 7 nitrogen and oxygen atoms in total. The van der Waals surface area contributed by atoms with E-state index in [4.69, 9.17) is 0 Å². The Balaban J connectivity index is 1.85. The summed E-state index contributed by atoms with van der Waals surface area (Å²) in [5.74, 6) is -5.91. The van der Waals surface area contributed by atoms with Crippen molar-refractivity contribution in [3.63, 3.8) is 0 Å². The number of hydrogen-bond acceptors (Lipinski definition) is 4. The van der Waals surface area contributed by atoms with Crippen molar-refractivity contribution in [3.05, 3.63) is 71.8 Å². The first-order valence-electron chi connectivity index (χ1n) is 12.1. The van der Waals surface area contributed by atoms with Gasteiger partial charge in [-0.15, -0.1) is 0 Å². The second-order valence-corrected chi connectivity index (χ2v) is 10.1. The van der Waals surface area contributed by atoms with Gasteiger partial charge in [-0.1, -0.05) is 81.4 Å². The van der Waals surface area contributed by atoms with Gasteiger partial charge in [0.2, 0.25) is 0 Å². The van der Waals surface area contributed by atoms with Crippen LogP contribution in [0.15, 0.2) is 60.7 Å². The smallest absolute Gasteiger partial charge is 0.333 e. The molecular weight excluding hydrogens is 446 g/mol. The third kappa shape index (κ3) is 4.82. The van der Waals surface area contributed by atoms with Crippen LogP contribution in [0.4, 0.5) is 0 Å². The lowest BCUT2D eigenvalue weighted by atomic mass is 9.55. The molecule has 2 aromatic carbocycles. The largest absolute Gasteiger partial charge is 0.480 e. The second kappa shape index (κ2) is 10.6. The van der Waals surface area contributed by atoms with Crippen molar-refractivity contribution in [2.45, 2.75) is 46.1 Å². The molecule has 0 aromatic heterocycles. The van der Waals surface area contributed by atoms with Crippen LogP contribution in [0.2, 0.25) is 0 Å². The number of rotatable bonds is 10. The Hall–Kier alpha value is -3.19. The molecule has 0 spiro atoms. The number of likely N-dealkylation sites (tertiary alicyclic amines) is 1. The van der Waals surface area contributed by atoms with Gasteiger partial charge in [0, 0.05) is 5.41 Å². The Kier molecular flexibility index (Phi) is 8.00. The van der Waals surface area contributed by atoms with Crippen molar-refractivity contribution < 1.29 is 29.7 Å². The third-order valence-electron chi connectivity index (χ3n) is 8.05. The van der Waals surface area contributed by atoms with Gasteiger partial charge in [0.1, 0.15) is 0 Å². The highest BCUT2D eigenvalue weighted by atomic mass is 16.4. The fourth-order valence-corrected chi connectivity index (χ4v) is 5.73. The van der Waals surface area contributed by atoms with E-state index in [1.807, 2.05) is 36.4 Å². The van der Waals surface area contributed by atoms with Crippen LogP contribution in [0.25, 0.3) is 0 Å². The third-order valence-corrected chi connectivity index (χ3v) is 8.05. The van der Waals surface area contributed by atoms with Gasteiger partial charge >= 0.3 is 17.9 Å². The minimum atomic E-state index is -2.91. The van der Waals surface area contributed by atoms with Crippen molar-refractivity contribution in [2.24, 2.45) is 22.7 Å². The minimum Gasteiger partial charge on any atom is -0.480 e. The Labute approximate surface area is 206 Å². The van der Waals surface area contributed by atoms with Crippen LogP contribution in [0.1, 0.15) is 57.2 Å². The van der Waals surface area contributed by atoms with Crippen molar-refractivity contribution in [1.82, 2.24) is 4.90 Å². The zero-order chi connectivity index (χ0) is 25.8. The van der Waals surface area contributed by atoms with Crippen LogP contribution < -0.4 is 0 Å². The van der Waals surface area contributed by atoms with E-state index in [9.17, 15) is 29.7 Å². The minimum absolute atomic E-state index is 0.0169. The Morgan fingerprint density at radius 2 is 1.23 bits per heavy atom. The maximum Gasteiger partial charge on any atom is 0.333 e. The number of aliphatic carboxylic acids is 3. The molecule has 1 heterocycles. The molecule has 0 amide bonds. The molecule has 7 heteroatoms. The summed E-state index contributed by atoms with van der Waals surface area (Å²) in [6.07, 6.45) is 1.67. The standard InChI is InChI=1S/C28H35NO6/c1-19(2)27(3,28(24(30)31,25(32)33)26(34)35)18-20-14-16-29(17-15-20)23(21-10-6-4-7-11-21)22-12-8-5-9-13-22/h4-13,19-20,23H,14-18H2,1-3H3,(H,30,31)(H,32,33)(H,34,35). The summed E-state index contributed by atoms with van der Waals surface area (Å²) in [4.78, 5) is 38.9. The number of carbonyl (C=O) groups is 3. The first kappa shape index (κ1) is 26.4. The van der Waals surface area contributed by atoms with Crippen LogP contribution in [0.3, 0.4) is 0 Å². The Bertz CT molecular complexity index is 954. The number of benzene rings is 2. The van der Waals surface area contributed by atoms with Crippen molar-refractivity contribution >= 4 is 17.9 Å². The lowest BCUT2D eigenvalue weighted by molar-refractivity contribution is -0.191. The van der Waals surface area contributed by atoms with E-state index < -0.39 is 34.7 Å². The molecule has 1 fully saturated rings. The summed E-state index contributed by atoms with van der Waals surface area (Å²) in [6.45, 7) is 6.41. The highest BCUT2D eigenvalue weighted by Gasteiger charge is 2.67. The number of carboxylic acid groups (broad SMARTS) is 3. The van der Waals surface area contributed by atoms with Crippen LogP contribution in [0.5, 0.6) is 0 Å². The molecule has 0 saturated carbocycles. The first-order valence-corrected chi connectivity index (χ1v) is 12.1. The summed E-state index contributed by atoms with van der Waals surface area (Å²) in [6, 6.07) is 20.6. The lowest BCUT2D eigenvalue weighted by Crippen LogP contribution is -2.60. The fraction of sp³-hybridized carbons (Fsp3) is 0.464. The van der Waals surface area contributed by atoms with E-state index in [2.05, 4.69) is 29.2 Å². The molecule has 1 aliphatic rings. The Morgan fingerprint density at radius 1 is 0.829 bits per heavy atom. The second-order valence-electron chi connectivity index (χ2n) is 10.1. The molecule has 3 N–H and O–H groups in total. The summed E-state index contributed by atoms with van der Waals surface area (Å²) in [5.41, 5.74) is -2.01. The molecule has 1 aliphatic heterocycles. The van der Waals surface area contributed by atoms with E-state index in [1.165, 1.54) is 18.1 Å². The predicted molar refractivity (Wildman–Crippen MR) is 132 cm³/mol. The zero-order valence-electron chi connectivity index (χ0n) is 20.6. The van der Waals surface area contributed by atoms with Crippen LogP contribution >= 0.6 is 0 Å². The molecule has 188 valence electrons. The average Bonchev–Trinajstić information content (AvgIpc) is 2.81. The molecular formula is C28H35NO6. The molecule has 1 atom stereocenters. The van der Waals surface area contributed by atoms with E-state index in [-0.39, 0.29) is 18.4 Å². The molecule has 0 aliphatic carbocycles. The van der Waals surface area contributed by atoms with Crippen molar-refractivity contribution in [1.29, 1.82) is 0 Å². The van der Waals surface area contributed by atoms with E-state index in [0.717, 1.165) is 25.9 Å². The molecule has 1 unspecified atom stereocenters. The molecule has 0 radical (unpaired) electrons. The maximum atomic E-state index is 12.2. The molecule has 2 aromatic rings. The van der Waals surface area contributed by atoms with Gasteiger partial charge in [0.15, 0.2) is 0 Å². The van der Waals surface area contributed by atoms with Gasteiger partial charge in [-0.2, -0.15) is 0 Å². The average molecular weight is 482 g/mol. The fourth-order valence-electron chi connectivity index (χ4n) is 5.73. The maximum absolute atomic E-state index is 12.2. The first-order chi connectivity index (χ1) is 16.6. The lowest BCUT2D eigenvalue weighted by Gasteiger charge is -2.47. The summed E-state index contributed by atoms with van der Waals surface area (Å²) in [5, 5.41) is 29.6. The number of nitrogens with zero attached hydrogens (tertiary/aromatic N) is 1. The topological polar surface area (TPSA) is 115 Å². The summed E-state index contributed by atoms with van der Waals surface area (Å²) >= 11 is 0. The normalized spacial score (nSPS) is 17.3. The quantitative estimate of drug-likeness (QED) is 0.418. The van der Waals surface area contributed by atoms with Gasteiger partial charge in [-0.05, 0) is 55.3 Å². The SMILES string of the molecule is CC(C)C(C)(CC1CCN(C(c2ccccc2)c2ccccc2)CC1)C(C(=O)O)(C(=O)O)C(=O)O. The summed E-state index contributed by atoms with van der Waals surface area (Å²) < 4.78 is 0. The molecule has 35 heavy (non-hydrogen) atoms. The number of carboxylic acids is 3. The zero-order valence-corrected chi connectivity index (χ0v) is 20.6. The van der Waals surface area contributed by atoms with E-state index in [0.29, 0.717) is 0 Å². The highest BCUT2D eigenvalue weighted by molar-refractivity contribution is 6.17. The monoisotopic (exact) mass is 481 g/mol. The van der Waals surface area contributed by atoms with Gasteiger partial charge in [-0.3, -0.25) is 19.3 Å². The van der Waals surface area contributed by atoms with E-state index in [1.54, 1.807) is 13.8 Å². The van der Waals surface area contributed by atoms with Gasteiger partial charge in [0.05, 0.1) is 6.04 Å². The van der Waals surface area contributed by atoms with Crippen LogP contribution in [-0.4, -0.2) is 51.2 Å². The van der Waals surface area contributed by atoms with Crippen molar-refractivity contribution in [2.75, 3.05) is 13.1 Å². The number of hydrogen-bond donors (Lipinski definition) is 3. The van der Waals surface area contributed by atoms with Gasteiger partial charge in [-0.25, -0.2) is 0 Å².